The van der Waals surface area contributed by atoms with Crippen molar-refractivity contribution < 1.29 is 13.6 Å². The van der Waals surface area contributed by atoms with E-state index >= 15 is 0 Å². The third-order valence-corrected chi connectivity index (χ3v) is 6.80. The van der Waals surface area contributed by atoms with Crippen LogP contribution in [0.2, 0.25) is 0 Å². The molecule has 0 aliphatic carbocycles. The summed E-state index contributed by atoms with van der Waals surface area (Å²) in [6.07, 6.45) is 25.2. The second kappa shape index (κ2) is 17.7. The molecule has 0 fully saturated rings. The van der Waals surface area contributed by atoms with Crippen molar-refractivity contribution in [2.75, 3.05) is 21.1 Å². The highest BCUT2D eigenvalue weighted by Gasteiger charge is 2.28. The number of allylic oxidation sites excluding steroid dienone is 2. The van der Waals surface area contributed by atoms with Crippen LogP contribution in [0.3, 0.4) is 0 Å². The SMILES string of the molecule is CCCCCCCCCCCCCCC=CCCCC(P(=O)=O)[N+](C)(C)C. The second-order valence-corrected chi connectivity index (χ2v) is 10.1. The van der Waals surface area contributed by atoms with Crippen molar-refractivity contribution in [1.29, 1.82) is 0 Å². The Morgan fingerprint density at radius 1 is 0.667 bits per heavy atom. The van der Waals surface area contributed by atoms with Gasteiger partial charge in [0.15, 0.2) is 5.78 Å². The Hall–Kier alpha value is -0.400. The number of hydrogen-bond acceptors (Lipinski definition) is 2. The molecule has 4 heteroatoms. The lowest BCUT2D eigenvalue weighted by molar-refractivity contribution is -0.882. The van der Waals surface area contributed by atoms with Gasteiger partial charge in [0.2, 0.25) is 0 Å². The molecule has 0 N–H and O–H groups in total. The summed E-state index contributed by atoms with van der Waals surface area (Å²) in [6, 6.07) is 0. The topological polar surface area (TPSA) is 34.1 Å². The maximum Gasteiger partial charge on any atom is 0.375 e. The van der Waals surface area contributed by atoms with Crippen LogP contribution in [0.15, 0.2) is 12.2 Å². The monoisotopic (exact) mass is 400 g/mol. The lowest BCUT2D eigenvalue weighted by Gasteiger charge is -2.29. The van der Waals surface area contributed by atoms with E-state index < -0.39 is 7.68 Å². The Morgan fingerprint density at radius 3 is 1.48 bits per heavy atom. The van der Waals surface area contributed by atoms with Crippen LogP contribution >= 0.6 is 7.68 Å². The molecule has 160 valence electrons. The lowest BCUT2D eigenvalue weighted by Crippen LogP contribution is -2.42. The van der Waals surface area contributed by atoms with Gasteiger partial charge in [0.25, 0.3) is 0 Å². The highest BCUT2D eigenvalue weighted by atomic mass is 31.1. The molecular formula is C23H47NO2P+. The minimum atomic E-state index is -2.35. The van der Waals surface area contributed by atoms with Crippen LogP contribution in [0.4, 0.5) is 0 Å². The Balaban J connectivity index is 3.41. The first-order chi connectivity index (χ1) is 12.9. The molecule has 1 atom stereocenters. The van der Waals surface area contributed by atoms with Gasteiger partial charge >= 0.3 is 7.68 Å². The summed E-state index contributed by atoms with van der Waals surface area (Å²) in [5.41, 5.74) is 0. The maximum absolute atomic E-state index is 11.4. The molecule has 0 heterocycles. The summed E-state index contributed by atoms with van der Waals surface area (Å²) in [6.45, 7) is 2.28. The van der Waals surface area contributed by atoms with Crippen molar-refractivity contribution in [2.24, 2.45) is 0 Å². The third-order valence-electron chi connectivity index (χ3n) is 5.36. The molecule has 27 heavy (non-hydrogen) atoms. The Morgan fingerprint density at radius 2 is 1.07 bits per heavy atom. The predicted octanol–water partition coefficient (Wildman–Crippen LogP) is 8.01. The zero-order valence-electron chi connectivity index (χ0n) is 18.8. The van der Waals surface area contributed by atoms with Crippen molar-refractivity contribution in [1.82, 2.24) is 0 Å². The normalized spacial score (nSPS) is 13.3. The Labute approximate surface area is 170 Å². The van der Waals surface area contributed by atoms with Crippen molar-refractivity contribution in [3.05, 3.63) is 12.2 Å². The number of hydrogen-bond donors (Lipinski definition) is 0. The molecule has 0 spiro atoms. The standard InChI is InChI=1S/C23H47NO2P/c1-5-6-7-8-9-10-11-12-13-14-15-16-17-18-19-20-21-22-23(27(25)26)24(2,3)4/h18-19,23H,5-17,20-22H2,1-4H3/q+1. The van der Waals surface area contributed by atoms with Gasteiger partial charge in [0, 0.05) is 6.42 Å². The maximum atomic E-state index is 11.4. The molecule has 0 aromatic rings. The fourth-order valence-electron chi connectivity index (χ4n) is 3.53. The summed E-state index contributed by atoms with van der Waals surface area (Å²) < 4.78 is 23.2. The van der Waals surface area contributed by atoms with Gasteiger partial charge in [-0.05, 0) is 25.7 Å². The quantitative estimate of drug-likeness (QED) is 0.0952. The van der Waals surface area contributed by atoms with Crippen molar-refractivity contribution >= 4 is 7.68 Å². The Bertz CT molecular complexity index is 417. The van der Waals surface area contributed by atoms with Crippen molar-refractivity contribution in [3.8, 4) is 0 Å². The van der Waals surface area contributed by atoms with Gasteiger partial charge in [-0.3, -0.25) is 0 Å². The van der Waals surface area contributed by atoms with Crippen LogP contribution < -0.4 is 0 Å². The molecule has 0 bridgehead atoms. The highest BCUT2D eigenvalue weighted by Crippen LogP contribution is 2.26. The van der Waals surface area contributed by atoms with E-state index in [1.807, 2.05) is 21.1 Å². The average Bonchev–Trinajstić information content (AvgIpc) is 2.59. The Kier molecular flexibility index (Phi) is 17.4. The molecule has 0 aliphatic heterocycles. The van der Waals surface area contributed by atoms with Crippen LogP contribution in [0.1, 0.15) is 110 Å². The predicted molar refractivity (Wildman–Crippen MR) is 119 cm³/mol. The van der Waals surface area contributed by atoms with E-state index in [1.165, 1.54) is 83.5 Å². The summed E-state index contributed by atoms with van der Waals surface area (Å²) in [7, 11) is 3.52. The third kappa shape index (κ3) is 17.4. The van der Waals surface area contributed by atoms with Gasteiger partial charge in [-0.15, -0.1) is 0 Å². The van der Waals surface area contributed by atoms with Crippen LogP contribution in [-0.2, 0) is 9.13 Å². The van der Waals surface area contributed by atoms with E-state index in [4.69, 9.17) is 0 Å². The fraction of sp³-hybridized carbons (Fsp3) is 0.913. The molecule has 0 radical (unpaired) electrons. The largest absolute Gasteiger partial charge is 0.375 e. The van der Waals surface area contributed by atoms with Gasteiger partial charge in [-0.25, -0.2) is 9.13 Å². The van der Waals surface area contributed by atoms with Gasteiger partial charge < -0.3 is 4.48 Å². The second-order valence-electron chi connectivity index (χ2n) is 8.96. The van der Waals surface area contributed by atoms with Crippen LogP contribution in [0, 0.1) is 0 Å². The molecule has 0 saturated carbocycles. The molecule has 0 aliphatic rings. The smallest absolute Gasteiger partial charge is 0.317 e. The van der Waals surface area contributed by atoms with Crippen LogP contribution in [0.5, 0.6) is 0 Å². The first kappa shape index (κ1) is 26.6. The molecule has 0 saturated heterocycles. The number of quaternary nitrogens is 1. The molecule has 0 rings (SSSR count). The first-order valence-electron chi connectivity index (χ1n) is 11.5. The minimum Gasteiger partial charge on any atom is -0.317 e. The van der Waals surface area contributed by atoms with Gasteiger partial charge in [0.05, 0.1) is 21.1 Å². The molecule has 0 aromatic carbocycles. The summed E-state index contributed by atoms with van der Waals surface area (Å²) in [4.78, 5) is 0. The van der Waals surface area contributed by atoms with Crippen molar-refractivity contribution in [2.45, 2.75) is 115 Å². The van der Waals surface area contributed by atoms with Crippen LogP contribution in [0.25, 0.3) is 0 Å². The average molecular weight is 401 g/mol. The first-order valence-corrected chi connectivity index (χ1v) is 12.7. The zero-order chi connectivity index (χ0) is 20.4. The minimum absolute atomic E-state index is 0.259. The van der Waals surface area contributed by atoms with E-state index in [0.717, 1.165) is 19.3 Å². The van der Waals surface area contributed by atoms with Crippen molar-refractivity contribution in [3.63, 3.8) is 0 Å². The molecule has 0 amide bonds. The zero-order valence-corrected chi connectivity index (χ0v) is 19.7. The molecule has 3 nitrogen and oxygen atoms in total. The fourth-order valence-corrected chi connectivity index (χ4v) is 4.49. The van der Waals surface area contributed by atoms with E-state index in [-0.39, 0.29) is 5.78 Å². The van der Waals surface area contributed by atoms with E-state index in [0.29, 0.717) is 4.48 Å². The summed E-state index contributed by atoms with van der Waals surface area (Å²) in [5, 5.41) is 0. The lowest BCUT2D eigenvalue weighted by atomic mass is 10.0. The van der Waals surface area contributed by atoms with Crippen LogP contribution in [-0.4, -0.2) is 31.4 Å². The summed E-state index contributed by atoms with van der Waals surface area (Å²) >= 11 is 0. The van der Waals surface area contributed by atoms with E-state index in [2.05, 4.69) is 19.1 Å². The van der Waals surface area contributed by atoms with Gasteiger partial charge in [-0.1, -0.05) is 89.7 Å². The molecule has 0 aromatic heterocycles. The van der Waals surface area contributed by atoms with Gasteiger partial charge in [-0.2, -0.15) is 0 Å². The molecule has 1 unspecified atom stereocenters. The van der Waals surface area contributed by atoms with E-state index in [1.54, 1.807) is 0 Å². The number of unbranched alkanes of at least 4 members (excludes halogenated alkanes) is 13. The number of nitrogens with zero attached hydrogens (tertiary/aromatic N) is 1. The number of rotatable bonds is 19. The summed E-state index contributed by atoms with van der Waals surface area (Å²) in [5.74, 6) is -0.259. The van der Waals surface area contributed by atoms with E-state index in [9.17, 15) is 9.13 Å². The highest BCUT2D eigenvalue weighted by molar-refractivity contribution is 7.31. The van der Waals surface area contributed by atoms with Gasteiger partial charge in [0.1, 0.15) is 0 Å². The molecular weight excluding hydrogens is 353 g/mol.